The van der Waals surface area contributed by atoms with Gasteiger partial charge < -0.3 is 9.47 Å². The molecule has 3 heteroatoms. The molecule has 0 atom stereocenters. The van der Waals surface area contributed by atoms with Crippen molar-refractivity contribution in [3.05, 3.63) is 29.3 Å². The highest BCUT2D eigenvalue weighted by Gasteiger charge is 2.17. The van der Waals surface area contributed by atoms with E-state index in [9.17, 15) is 0 Å². The highest BCUT2D eigenvalue weighted by molar-refractivity contribution is 6.88. The first-order valence-electron chi connectivity index (χ1n) is 5.59. The second-order valence-electron chi connectivity index (χ2n) is 5.10. The van der Waals surface area contributed by atoms with Gasteiger partial charge in [-0.05, 0) is 11.1 Å². The molecule has 2 nitrogen and oxygen atoms in total. The van der Waals surface area contributed by atoms with Crippen LogP contribution in [-0.2, 0) is 22.7 Å². The van der Waals surface area contributed by atoms with Gasteiger partial charge in [0.2, 0.25) is 0 Å². The zero-order valence-electron chi connectivity index (χ0n) is 11.0. The standard InChI is InChI=1S/C13H22O2Si/c1-14-9-11-6-7-13(16(3,4)5)8-12(11)10-15-2/h6-8H,9-10H2,1-5H3. The molecule has 0 unspecified atom stereocenters. The molecular formula is C13H22O2Si. The smallest absolute Gasteiger partial charge is 0.0776 e. The van der Waals surface area contributed by atoms with Crippen molar-refractivity contribution >= 4 is 13.3 Å². The van der Waals surface area contributed by atoms with Crippen molar-refractivity contribution in [3.63, 3.8) is 0 Å². The molecule has 0 saturated carbocycles. The van der Waals surface area contributed by atoms with Gasteiger partial charge in [-0.3, -0.25) is 0 Å². The van der Waals surface area contributed by atoms with E-state index in [1.54, 1.807) is 14.2 Å². The highest BCUT2D eigenvalue weighted by Crippen LogP contribution is 2.13. The molecule has 0 saturated heterocycles. The summed E-state index contributed by atoms with van der Waals surface area (Å²) in [6.07, 6.45) is 0. The first-order valence-corrected chi connectivity index (χ1v) is 9.09. The average Bonchev–Trinajstić information content (AvgIpc) is 2.19. The van der Waals surface area contributed by atoms with E-state index < -0.39 is 8.07 Å². The summed E-state index contributed by atoms with van der Waals surface area (Å²) in [6, 6.07) is 6.69. The number of benzene rings is 1. The van der Waals surface area contributed by atoms with Gasteiger partial charge in [0, 0.05) is 14.2 Å². The lowest BCUT2D eigenvalue weighted by atomic mass is 10.1. The van der Waals surface area contributed by atoms with Crippen molar-refractivity contribution in [1.82, 2.24) is 0 Å². The number of hydrogen-bond acceptors (Lipinski definition) is 2. The van der Waals surface area contributed by atoms with E-state index in [2.05, 4.69) is 37.8 Å². The minimum absolute atomic E-state index is 0.657. The maximum atomic E-state index is 5.24. The number of rotatable bonds is 5. The Hall–Kier alpha value is -0.643. The predicted octanol–water partition coefficient (Wildman–Crippen LogP) is 2.52. The minimum Gasteiger partial charge on any atom is -0.380 e. The Morgan fingerprint density at radius 2 is 1.50 bits per heavy atom. The summed E-state index contributed by atoms with van der Waals surface area (Å²) < 4.78 is 10.4. The summed E-state index contributed by atoms with van der Waals surface area (Å²) >= 11 is 0. The van der Waals surface area contributed by atoms with Crippen LogP contribution < -0.4 is 5.19 Å². The van der Waals surface area contributed by atoms with Crippen molar-refractivity contribution in [1.29, 1.82) is 0 Å². The number of ether oxygens (including phenoxy) is 2. The van der Waals surface area contributed by atoms with Gasteiger partial charge in [0.05, 0.1) is 21.3 Å². The van der Waals surface area contributed by atoms with E-state index in [0.717, 1.165) is 0 Å². The third kappa shape index (κ3) is 3.44. The number of hydrogen-bond donors (Lipinski definition) is 0. The van der Waals surface area contributed by atoms with Gasteiger partial charge in [-0.15, -0.1) is 0 Å². The Bertz CT molecular complexity index is 342. The fourth-order valence-electron chi connectivity index (χ4n) is 1.68. The largest absolute Gasteiger partial charge is 0.380 e. The van der Waals surface area contributed by atoms with E-state index in [-0.39, 0.29) is 0 Å². The van der Waals surface area contributed by atoms with Crippen LogP contribution in [0.15, 0.2) is 18.2 Å². The van der Waals surface area contributed by atoms with Crippen LogP contribution in [0, 0.1) is 0 Å². The molecular weight excluding hydrogens is 216 g/mol. The maximum absolute atomic E-state index is 5.24. The van der Waals surface area contributed by atoms with Gasteiger partial charge in [0.25, 0.3) is 0 Å². The van der Waals surface area contributed by atoms with Crippen LogP contribution in [0.3, 0.4) is 0 Å². The zero-order valence-corrected chi connectivity index (χ0v) is 12.0. The SMILES string of the molecule is COCc1ccc([Si](C)(C)C)cc1COC. The molecule has 1 aromatic rings. The molecule has 0 fully saturated rings. The molecule has 0 heterocycles. The molecule has 0 amide bonds. The topological polar surface area (TPSA) is 18.5 Å². The van der Waals surface area contributed by atoms with Crippen LogP contribution in [0.1, 0.15) is 11.1 Å². The van der Waals surface area contributed by atoms with Crippen molar-refractivity contribution < 1.29 is 9.47 Å². The van der Waals surface area contributed by atoms with Gasteiger partial charge >= 0.3 is 0 Å². The molecule has 0 aliphatic rings. The average molecular weight is 238 g/mol. The van der Waals surface area contributed by atoms with Gasteiger partial charge in [0.1, 0.15) is 0 Å². The maximum Gasteiger partial charge on any atom is 0.0776 e. The third-order valence-electron chi connectivity index (χ3n) is 2.67. The van der Waals surface area contributed by atoms with Crippen LogP contribution in [-0.4, -0.2) is 22.3 Å². The minimum atomic E-state index is -1.24. The summed E-state index contributed by atoms with van der Waals surface area (Å²) in [4.78, 5) is 0. The van der Waals surface area contributed by atoms with Crippen LogP contribution in [0.2, 0.25) is 19.6 Å². The monoisotopic (exact) mass is 238 g/mol. The summed E-state index contributed by atoms with van der Waals surface area (Å²) in [6.45, 7) is 8.39. The third-order valence-corrected chi connectivity index (χ3v) is 4.72. The van der Waals surface area contributed by atoms with Crippen molar-refractivity contribution in [2.75, 3.05) is 14.2 Å². The van der Waals surface area contributed by atoms with E-state index in [1.807, 2.05) is 0 Å². The Balaban J connectivity index is 3.06. The molecule has 0 aliphatic carbocycles. The summed E-state index contributed by atoms with van der Waals surface area (Å²) in [5.41, 5.74) is 2.48. The Labute approximate surface area is 99.6 Å². The highest BCUT2D eigenvalue weighted by atomic mass is 28.3. The van der Waals surface area contributed by atoms with Crippen LogP contribution in [0.25, 0.3) is 0 Å². The lowest BCUT2D eigenvalue weighted by Gasteiger charge is -2.19. The van der Waals surface area contributed by atoms with E-state index in [0.29, 0.717) is 13.2 Å². The van der Waals surface area contributed by atoms with Gasteiger partial charge in [0.15, 0.2) is 0 Å². The molecule has 0 radical (unpaired) electrons. The van der Waals surface area contributed by atoms with Gasteiger partial charge in [-0.2, -0.15) is 0 Å². The van der Waals surface area contributed by atoms with Crippen LogP contribution >= 0.6 is 0 Å². The first-order chi connectivity index (χ1) is 7.49. The molecule has 0 bridgehead atoms. The van der Waals surface area contributed by atoms with Gasteiger partial charge in [-0.1, -0.05) is 43.0 Å². The molecule has 1 aromatic carbocycles. The normalized spacial score (nSPS) is 11.8. The van der Waals surface area contributed by atoms with Crippen molar-refractivity contribution in [3.8, 4) is 0 Å². The molecule has 0 N–H and O–H groups in total. The first kappa shape index (κ1) is 13.4. The fourth-order valence-corrected chi connectivity index (χ4v) is 2.87. The van der Waals surface area contributed by atoms with Crippen LogP contribution in [0.5, 0.6) is 0 Å². The van der Waals surface area contributed by atoms with Crippen molar-refractivity contribution in [2.24, 2.45) is 0 Å². The molecule has 1 rings (SSSR count). The predicted molar refractivity (Wildman–Crippen MR) is 70.8 cm³/mol. The Morgan fingerprint density at radius 3 is 2.00 bits per heavy atom. The van der Waals surface area contributed by atoms with E-state index in [1.165, 1.54) is 16.3 Å². The van der Waals surface area contributed by atoms with Crippen molar-refractivity contribution in [2.45, 2.75) is 32.9 Å². The Morgan fingerprint density at radius 1 is 0.938 bits per heavy atom. The zero-order chi connectivity index (χ0) is 12.2. The molecule has 0 aromatic heterocycles. The quantitative estimate of drug-likeness (QED) is 0.734. The second-order valence-corrected chi connectivity index (χ2v) is 10.2. The number of methoxy groups -OCH3 is 2. The summed E-state index contributed by atoms with van der Waals surface area (Å²) in [7, 11) is 2.22. The Kier molecular flexibility index (Phi) is 4.71. The molecule has 16 heavy (non-hydrogen) atoms. The molecule has 90 valence electrons. The summed E-state index contributed by atoms with van der Waals surface area (Å²) in [5.74, 6) is 0. The van der Waals surface area contributed by atoms with Crippen LogP contribution in [0.4, 0.5) is 0 Å². The molecule has 0 aliphatic heterocycles. The lowest BCUT2D eigenvalue weighted by molar-refractivity contribution is 0.168. The summed E-state index contributed by atoms with van der Waals surface area (Å²) in [5, 5.41) is 1.47. The lowest BCUT2D eigenvalue weighted by Crippen LogP contribution is -2.37. The molecule has 0 spiro atoms. The van der Waals surface area contributed by atoms with E-state index in [4.69, 9.17) is 9.47 Å². The van der Waals surface area contributed by atoms with E-state index >= 15 is 0 Å². The van der Waals surface area contributed by atoms with Gasteiger partial charge in [-0.25, -0.2) is 0 Å². The second kappa shape index (κ2) is 5.62. The fraction of sp³-hybridized carbons (Fsp3) is 0.538.